The van der Waals surface area contributed by atoms with Gasteiger partial charge < -0.3 is 5.32 Å². The first-order valence-corrected chi connectivity index (χ1v) is 7.33. The van der Waals surface area contributed by atoms with E-state index in [0.717, 1.165) is 23.3 Å². The third-order valence-electron chi connectivity index (χ3n) is 3.47. The van der Waals surface area contributed by atoms with Gasteiger partial charge in [0, 0.05) is 16.7 Å². The summed E-state index contributed by atoms with van der Waals surface area (Å²) >= 11 is 2.06. The van der Waals surface area contributed by atoms with Crippen LogP contribution in [0.1, 0.15) is 19.8 Å². The number of thioether (sulfide) groups is 1. The van der Waals surface area contributed by atoms with Gasteiger partial charge >= 0.3 is 0 Å². The predicted molar refractivity (Wildman–Crippen MR) is 78.1 cm³/mol. The third-order valence-corrected chi connectivity index (χ3v) is 5.01. The molecule has 1 aliphatic rings. The molecule has 3 nitrogen and oxygen atoms in total. The molecule has 0 aliphatic carbocycles. The van der Waals surface area contributed by atoms with Gasteiger partial charge in [0.25, 0.3) is 0 Å². The Hall–Kier alpha value is -1.29. The number of nitrogens with zero attached hydrogens (tertiary/aromatic N) is 2. The van der Waals surface area contributed by atoms with Crippen LogP contribution in [0.15, 0.2) is 30.6 Å². The molecule has 0 bridgehead atoms. The van der Waals surface area contributed by atoms with Crippen molar-refractivity contribution >= 4 is 28.5 Å². The topological polar surface area (TPSA) is 37.8 Å². The maximum absolute atomic E-state index is 4.37. The number of fused-ring (bicyclic) bond motifs is 1. The fourth-order valence-electron chi connectivity index (χ4n) is 2.39. The zero-order valence-corrected chi connectivity index (χ0v) is 11.3. The van der Waals surface area contributed by atoms with E-state index in [2.05, 4.69) is 40.0 Å². The molecule has 2 aromatic rings. The van der Waals surface area contributed by atoms with Crippen LogP contribution in [0.25, 0.3) is 10.9 Å². The molecule has 1 aliphatic heterocycles. The van der Waals surface area contributed by atoms with Gasteiger partial charge in [-0.25, -0.2) is 9.97 Å². The zero-order chi connectivity index (χ0) is 12.4. The van der Waals surface area contributed by atoms with E-state index >= 15 is 0 Å². The number of nitrogens with one attached hydrogen (secondary N) is 1. The van der Waals surface area contributed by atoms with E-state index in [1.165, 1.54) is 18.6 Å². The maximum atomic E-state index is 4.37. The summed E-state index contributed by atoms with van der Waals surface area (Å²) in [6.07, 6.45) is 4.25. The van der Waals surface area contributed by atoms with Crippen LogP contribution < -0.4 is 5.32 Å². The molecule has 4 heteroatoms. The van der Waals surface area contributed by atoms with E-state index in [1.807, 2.05) is 18.2 Å². The largest absolute Gasteiger partial charge is 0.368 e. The summed E-state index contributed by atoms with van der Waals surface area (Å²) in [5, 5.41) is 4.60. The normalized spacial score (nSPS) is 23.4. The number of hydrogen-bond donors (Lipinski definition) is 1. The Labute approximate surface area is 111 Å². The minimum Gasteiger partial charge on any atom is -0.368 e. The van der Waals surface area contributed by atoms with Crippen molar-refractivity contribution < 1.29 is 0 Å². The number of anilines is 1. The lowest BCUT2D eigenvalue weighted by Gasteiger charge is -2.23. The van der Waals surface area contributed by atoms with Crippen molar-refractivity contribution in [2.24, 2.45) is 0 Å². The van der Waals surface area contributed by atoms with Crippen molar-refractivity contribution in [3.8, 4) is 0 Å². The fourth-order valence-corrected chi connectivity index (χ4v) is 3.64. The molecule has 0 amide bonds. The Kier molecular flexibility index (Phi) is 3.12. The van der Waals surface area contributed by atoms with Crippen LogP contribution in [-0.4, -0.2) is 27.0 Å². The smallest absolute Gasteiger partial charge is 0.137 e. The van der Waals surface area contributed by atoms with Crippen molar-refractivity contribution in [1.82, 2.24) is 9.97 Å². The molecular formula is C14H17N3S. The molecular weight excluding hydrogens is 242 g/mol. The molecule has 0 spiro atoms. The van der Waals surface area contributed by atoms with E-state index in [9.17, 15) is 0 Å². The number of benzene rings is 1. The monoisotopic (exact) mass is 259 g/mol. The molecule has 94 valence electrons. The van der Waals surface area contributed by atoms with Gasteiger partial charge in [-0.05, 0) is 37.7 Å². The summed E-state index contributed by atoms with van der Waals surface area (Å²) in [4.78, 5) is 8.65. The summed E-state index contributed by atoms with van der Waals surface area (Å²) in [5.41, 5.74) is 0.999. The van der Waals surface area contributed by atoms with Crippen LogP contribution >= 0.6 is 11.8 Å². The molecule has 3 rings (SSSR count). The first-order valence-electron chi connectivity index (χ1n) is 6.34. The lowest BCUT2D eigenvalue weighted by Crippen LogP contribution is -2.27. The fraction of sp³-hybridized carbons (Fsp3) is 0.429. The summed E-state index contributed by atoms with van der Waals surface area (Å²) in [7, 11) is 0. The van der Waals surface area contributed by atoms with Gasteiger partial charge in [0.05, 0.1) is 5.52 Å². The minimum absolute atomic E-state index is 0.353. The molecule has 1 saturated heterocycles. The number of rotatable bonds is 3. The molecule has 2 heterocycles. The minimum atomic E-state index is 0.353. The Balaban J connectivity index is 1.82. The molecule has 0 radical (unpaired) electrons. The first-order chi connectivity index (χ1) is 8.77. The third kappa shape index (κ3) is 2.29. The zero-order valence-electron chi connectivity index (χ0n) is 10.5. The average molecular weight is 259 g/mol. The van der Waals surface area contributed by atoms with E-state index in [0.29, 0.717) is 4.75 Å². The lowest BCUT2D eigenvalue weighted by atomic mass is 10.1. The molecule has 1 aromatic carbocycles. The lowest BCUT2D eigenvalue weighted by molar-refractivity contribution is 0.634. The van der Waals surface area contributed by atoms with Crippen LogP contribution in [0, 0.1) is 0 Å². The van der Waals surface area contributed by atoms with Crippen LogP contribution in [0.4, 0.5) is 5.82 Å². The second kappa shape index (κ2) is 4.76. The highest BCUT2D eigenvalue weighted by molar-refractivity contribution is 8.00. The van der Waals surface area contributed by atoms with Gasteiger partial charge in [0.2, 0.25) is 0 Å². The van der Waals surface area contributed by atoms with E-state index < -0.39 is 0 Å². The predicted octanol–water partition coefficient (Wildman–Crippen LogP) is 3.33. The van der Waals surface area contributed by atoms with Crippen molar-refractivity contribution in [1.29, 1.82) is 0 Å². The average Bonchev–Trinajstić information content (AvgIpc) is 2.84. The number of hydrogen-bond acceptors (Lipinski definition) is 4. The standard InChI is InChI=1S/C14H17N3S/c1-14(7-4-8-18-14)9-15-13-11-5-2-3-6-12(11)16-10-17-13/h2-3,5-6,10H,4,7-9H2,1H3,(H,15,16,17). The molecule has 1 N–H and O–H groups in total. The van der Waals surface area contributed by atoms with Crippen LogP contribution in [0.3, 0.4) is 0 Å². The molecule has 1 aromatic heterocycles. The van der Waals surface area contributed by atoms with Gasteiger partial charge in [-0.15, -0.1) is 0 Å². The highest BCUT2D eigenvalue weighted by atomic mass is 32.2. The Morgan fingerprint density at radius 3 is 3.06 bits per heavy atom. The van der Waals surface area contributed by atoms with Gasteiger partial charge in [-0.2, -0.15) is 11.8 Å². The van der Waals surface area contributed by atoms with Crippen molar-refractivity contribution in [2.75, 3.05) is 17.6 Å². The first kappa shape index (κ1) is 11.8. The van der Waals surface area contributed by atoms with Crippen LogP contribution in [0.2, 0.25) is 0 Å². The molecule has 1 unspecified atom stereocenters. The number of aromatic nitrogens is 2. The molecule has 1 atom stereocenters. The van der Waals surface area contributed by atoms with Crippen LogP contribution in [0.5, 0.6) is 0 Å². The molecule has 18 heavy (non-hydrogen) atoms. The summed E-state index contributed by atoms with van der Waals surface area (Å²) in [6, 6.07) is 8.13. The highest BCUT2D eigenvalue weighted by Gasteiger charge is 2.29. The summed E-state index contributed by atoms with van der Waals surface area (Å²) in [6.45, 7) is 3.31. The van der Waals surface area contributed by atoms with Crippen molar-refractivity contribution in [3.63, 3.8) is 0 Å². The van der Waals surface area contributed by atoms with Gasteiger partial charge in [-0.3, -0.25) is 0 Å². The highest BCUT2D eigenvalue weighted by Crippen LogP contribution is 2.37. The Morgan fingerprint density at radius 2 is 2.22 bits per heavy atom. The summed E-state index contributed by atoms with van der Waals surface area (Å²) in [5.74, 6) is 2.23. The van der Waals surface area contributed by atoms with E-state index in [4.69, 9.17) is 0 Å². The van der Waals surface area contributed by atoms with Gasteiger partial charge in [0.1, 0.15) is 12.1 Å². The van der Waals surface area contributed by atoms with E-state index in [-0.39, 0.29) is 0 Å². The summed E-state index contributed by atoms with van der Waals surface area (Å²) < 4.78 is 0.353. The van der Waals surface area contributed by atoms with Gasteiger partial charge in [-0.1, -0.05) is 12.1 Å². The quantitative estimate of drug-likeness (QED) is 0.917. The second-order valence-corrected chi connectivity index (χ2v) is 6.68. The van der Waals surface area contributed by atoms with Gasteiger partial charge in [0.15, 0.2) is 0 Å². The Bertz CT molecular complexity index is 544. The molecule has 0 saturated carbocycles. The van der Waals surface area contributed by atoms with E-state index in [1.54, 1.807) is 6.33 Å². The second-order valence-electron chi connectivity index (χ2n) is 4.99. The Morgan fingerprint density at radius 1 is 1.33 bits per heavy atom. The molecule has 1 fully saturated rings. The van der Waals surface area contributed by atoms with Crippen molar-refractivity contribution in [3.05, 3.63) is 30.6 Å². The van der Waals surface area contributed by atoms with Crippen molar-refractivity contribution in [2.45, 2.75) is 24.5 Å². The number of para-hydroxylation sites is 1. The SMILES string of the molecule is CC1(CNc2ncnc3ccccc23)CCCS1. The maximum Gasteiger partial charge on any atom is 0.137 e. The van der Waals surface area contributed by atoms with Crippen LogP contribution in [-0.2, 0) is 0 Å².